The molecule has 0 saturated heterocycles. The molecule has 0 radical (unpaired) electrons. The minimum atomic E-state index is -4.42. The van der Waals surface area contributed by atoms with Crippen molar-refractivity contribution in [2.45, 2.75) is 63.0 Å². The van der Waals surface area contributed by atoms with Gasteiger partial charge in [-0.05, 0) is 18.4 Å². The van der Waals surface area contributed by atoms with Crippen LogP contribution in [0.5, 0.6) is 0 Å². The van der Waals surface area contributed by atoms with E-state index in [1.807, 2.05) is 5.70 Å². The van der Waals surface area contributed by atoms with E-state index < -0.39 is 26.6 Å². The molecular weight excluding hydrogens is 271 g/mol. The van der Waals surface area contributed by atoms with Gasteiger partial charge >= 0.3 is 6.18 Å². The molecule has 0 aromatic heterocycles. The van der Waals surface area contributed by atoms with E-state index in [9.17, 15) is 18.0 Å². The molecule has 0 aromatic carbocycles. The molecule has 1 saturated carbocycles. The van der Waals surface area contributed by atoms with Gasteiger partial charge in [0.2, 0.25) is 5.91 Å². The molecule has 110 valence electrons. The summed E-state index contributed by atoms with van der Waals surface area (Å²) in [5, 5.41) is 2.53. The summed E-state index contributed by atoms with van der Waals surface area (Å²) in [5.41, 5.74) is 2.52. The topological polar surface area (TPSA) is 29.1 Å². The Balaban J connectivity index is 2.52. The van der Waals surface area contributed by atoms with Crippen LogP contribution in [0.15, 0.2) is 12.3 Å². The Hall–Kier alpha value is -0.783. The summed E-state index contributed by atoms with van der Waals surface area (Å²) in [7, 11) is -1.53. The van der Waals surface area contributed by atoms with Gasteiger partial charge in [-0.15, -0.1) is 12.3 Å². The van der Waals surface area contributed by atoms with Crippen molar-refractivity contribution < 1.29 is 18.0 Å². The highest BCUT2D eigenvalue weighted by molar-refractivity contribution is 6.83. The van der Waals surface area contributed by atoms with Gasteiger partial charge in [-0.2, -0.15) is 13.2 Å². The smallest absolute Gasteiger partial charge is 0.353 e. The Kier molecular flexibility index (Phi) is 5.23. The second-order valence-electron chi connectivity index (χ2n) is 5.95. The third kappa shape index (κ3) is 5.38. The molecule has 0 bridgehead atoms. The highest BCUT2D eigenvalue weighted by Gasteiger charge is 2.36. The quantitative estimate of drug-likeness (QED) is 0.785. The van der Waals surface area contributed by atoms with Crippen molar-refractivity contribution in [2.75, 3.05) is 0 Å². The molecular formula is C13H22F3NOSi. The fourth-order valence-electron chi connectivity index (χ4n) is 2.62. The molecule has 1 amide bonds. The van der Waals surface area contributed by atoms with Gasteiger partial charge in [0.05, 0.1) is 8.07 Å². The molecule has 2 unspecified atom stereocenters. The van der Waals surface area contributed by atoms with Crippen molar-refractivity contribution in [3.05, 3.63) is 12.3 Å². The largest absolute Gasteiger partial charge is 0.397 e. The number of alkyl halides is 3. The average Bonchev–Trinajstić information content (AvgIpc) is 2.26. The molecule has 1 N–H and O–H groups in total. The van der Waals surface area contributed by atoms with E-state index in [0.29, 0.717) is 5.54 Å². The summed E-state index contributed by atoms with van der Waals surface area (Å²) in [6.07, 6.45) is -2.18. The first kappa shape index (κ1) is 16.3. The van der Waals surface area contributed by atoms with Gasteiger partial charge in [-0.25, -0.2) is 0 Å². The maximum absolute atomic E-state index is 12.1. The Morgan fingerprint density at radius 1 is 1.42 bits per heavy atom. The first-order valence-electron chi connectivity index (χ1n) is 6.64. The predicted molar refractivity (Wildman–Crippen MR) is 72.5 cm³/mol. The second kappa shape index (κ2) is 6.11. The van der Waals surface area contributed by atoms with E-state index in [0.717, 1.165) is 25.7 Å². The van der Waals surface area contributed by atoms with Crippen molar-refractivity contribution in [3.63, 3.8) is 0 Å². The van der Waals surface area contributed by atoms with Crippen LogP contribution in [0, 0.1) is 0 Å². The number of hydrogen-bond donors (Lipinski definition) is 1. The Morgan fingerprint density at radius 2 is 2.05 bits per heavy atom. The van der Waals surface area contributed by atoms with E-state index in [2.05, 4.69) is 25.0 Å². The van der Waals surface area contributed by atoms with Gasteiger partial charge in [0.25, 0.3) is 0 Å². The zero-order valence-corrected chi connectivity index (χ0v) is 12.5. The van der Waals surface area contributed by atoms with E-state index in [4.69, 9.17) is 0 Å². The lowest BCUT2D eigenvalue weighted by Gasteiger charge is -2.37. The van der Waals surface area contributed by atoms with Crippen molar-refractivity contribution in [1.82, 2.24) is 5.32 Å². The molecule has 1 aliphatic rings. The number of halogens is 3. The minimum absolute atomic E-state index is 0.111. The first-order chi connectivity index (χ1) is 8.64. The number of carbonyl (C=O) groups excluding carboxylic acids is 1. The first-order valence-corrected chi connectivity index (χ1v) is 9.79. The molecule has 1 aliphatic carbocycles. The van der Waals surface area contributed by atoms with Gasteiger partial charge in [0.1, 0.15) is 6.42 Å². The van der Waals surface area contributed by atoms with Gasteiger partial charge in [0, 0.05) is 6.04 Å². The van der Waals surface area contributed by atoms with Crippen molar-refractivity contribution in [3.8, 4) is 0 Å². The van der Waals surface area contributed by atoms with Gasteiger partial charge < -0.3 is 5.32 Å². The lowest BCUT2D eigenvalue weighted by atomic mass is 9.94. The number of amides is 1. The van der Waals surface area contributed by atoms with Crippen LogP contribution in [-0.2, 0) is 4.79 Å². The molecule has 19 heavy (non-hydrogen) atoms. The Morgan fingerprint density at radius 3 is 2.58 bits per heavy atom. The number of carbonyl (C=O) groups is 1. The summed E-state index contributed by atoms with van der Waals surface area (Å²) in [4.78, 5) is 11.3. The molecule has 0 aliphatic heterocycles. The van der Waals surface area contributed by atoms with Crippen LogP contribution in [-0.4, -0.2) is 26.2 Å². The summed E-state index contributed by atoms with van der Waals surface area (Å²) in [6, 6.07) is -0.111. The fourth-order valence-corrected chi connectivity index (χ4v) is 4.80. The maximum Gasteiger partial charge on any atom is 0.397 e. The summed E-state index contributed by atoms with van der Waals surface area (Å²) < 4.78 is 36.3. The summed E-state index contributed by atoms with van der Waals surface area (Å²) in [5.74, 6) is -0.906. The van der Waals surface area contributed by atoms with Crippen LogP contribution in [0.2, 0.25) is 18.6 Å². The summed E-state index contributed by atoms with van der Waals surface area (Å²) >= 11 is 0. The molecule has 1 rings (SSSR count). The molecule has 0 heterocycles. The van der Waals surface area contributed by atoms with Crippen LogP contribution in [0.25, 0.3) is 0 Å². The predicted octanol–water partition coefficient (Wildman–Crippen LogP) is 3.80. The van der Waals surface area contributed by atoms with Crippen molar-refractivity contribution in [2.24, 2.45) is 0 Å². The zero-order valence-electron chi connectivity index (χ0n) is 11.5. The lowest BCUT2D eigenvalue weighted by molar-refractivity contribution is -0.154. The normalized spacial score (nSPS) is 24.9. The average molecular weight is 293 g/mol. The van der Waals surface area contributed by atoms with E-state index in [1.165, 1.54) is 0 Å². The van der Waals surface area contributed by atoms with E-state index >= 15 is 0 Å². The van der Waals surface area contributed by atoms with Gasteiger partial charge in [-0.3, -0.25) is 4.79 Å². The van der Waals surface area contributed by atoms with E-state index in [1.54, 1.807) is 0 Å². The van der Waals surface area contributed by atoms with Crippen LogP contribution in [0.4, 0.5) is 13.2 Å². The Labute approximate surface area is 113 Å². The highest BCUT2D eigenvalue weighted by atomic mass is 28.3. The Bertz CT molecular complexity index is 341. The second-order valence-corrected chi connectivity index (χ2v) is 10.8. The van der Waals surface area contributed by atoms with Crippen LogP contribution in [0.3, 0.4) is 0 Å². The fraction of sp³-hybridized carbons (Fsp3) is 0.769. The molecule has 0 aromatic rings. The van der Waals surface area contributed by atoms with Crippen molar-refractivity contribution in [1.29, 1.82) is 0 Å². The molecule has 1 fully saturated rings. The highest BCUT2D eigenvalue weighted by Crippen LogP contribution is 2.37. The molecule has 2 nitrogen and oxygen atoms in total. The van der Waals surface area contributed by atoms with Crippen LogP contribution in [0.1, 0.15) is 32.1 Å². The minimum Gasteiger partial charge on any atom is -0.353 e. The molecule has 6 heteroatoms. The number of nitrogens with one attached hydrogen (secondary N) is 1. The van der Waals surface area contributed by atoms with Gasteiger partial charge in [-0.1, -0.05) is 25.9 Å². The standard InChI is InChI=1S/C13H22F3NOSi/c1-4-19(2,3)11-7-5-6-10(8-11)17-12(18)9-13(14,15)16/h4,10-11H,1,5-9H2,2-3H3,(H,17,18). The monoisotopic (exact) mass is 293 g/mol. The number of rotatable bonds is 4. The van der Waals surface area contributed by atoms with Crippen molar-refractivity contribution >= 4 is 14.0 Å². The molecule has 0 spiro atoms. The third-order valence-electron chi connectivity index (χ3n) is 3.98. The SMILES string of the molecule is C=C[Si](C)(C)C1CCCC(NC(=O)CC(F)(F)F)C1. The van der Waals surface area contributed by atoms with Crippen LogP contribution >= 0.6 is 0 Å². The molecule has 2 atom stereocenters. The number of hydrogen-bond acceptors (Lipinski definition) is 1. The third-order valence-corrected chi connectivity index (χ3v) is 7.66. The van der Waals surface area contributed by atoms with Gasteiger partial charge in [0.15, 0.2) is 0 Å². The van der Waals surface area contributed by atoms with Crippen LogP contribution < -0.4 is 5.32 Å². The zero-order chi connectivity index (χ0) is 14.7. The lowest BCUT2D eigenvalue weighted by Crippen LogP contribution is -2.43. The van der Waals surface area contributed by atoms with E-state index in [-0.39, 0.29) is 6.04 Å². The summed E-state index contributed by atoms with van der Waals surface area (Å²) in [6.45, 7) is 8.29. The maximum atomic E-state index is 12.1.